The third-order valence-corrected chi connectivity index (χ3v) is 2.61. The SMILES string of the molecule is NC(CCC(=O)O)C(=O)N(CC(=O)O)c1ccccc1. The van der Waals surface area contributed by atoms with Crippen LogP contribution in [0.5, 0.6) is 0 Å². The maximum atomic E-state index is 12.1. The van der Waals surface area contributed by atoms with Gasteiger partial charge in [-0.25, -0.2) is 0 Å². The van der Waals surface area contributed by atoms with Gasteiger partial charge in [0.1, 0.15) is 6.54 Å². The van der Waals surface area contributed by atoms with Gasteiger partial charge in [-0.2, -0.15) is 0 Å². The van der Waals surface area contributed by atoms with Crippen molar-refractivity contribution in [3.05, 3.63) is 30.3 Å². The summed E-state index contributed by atoms with van der Waals surface area (Å²) in [4.78, 5) is 34.5. The molecule has 1 aromatic rings. The van der Waals surface area contributed by atoms with Crippen LogP contribution in [0.1, 0.15) is 12.8 Å². The minimum Gasteiger partial charge on any atom is -0.481 e. The first-order valence-corrected chi connectivity index (χ1v) is 5.97. The molecule has 0 aliphatic carbocycles. The quantitative estimate of drug-likeness (QED) is 0.660. The minimum absolute atomic E-state index is 0.0445. The van der Waals surface area contributed by atoms with Gasteiger partial charge in [0.25, 0.3) is 0 Å². The van der Waals surface area contributed by atoms with E-state index >= 15 is 0 Å². The molecule has 0 saturated heterocycles. The summed E-state index contributed by atoms with van der Waals surface area (Å²) in [6, 6.07) is 7.19. The smallest absolute Gasteiger partial charge is 0.323 e. The Morgan fingerprint density at radius 2 is 1.70 bits per heavy atom. The number of rotatable bonds is 7. The Morgan fingerprint density at radius 1 is 1.10 bits per heavy atom. The molecule has 0 aliphatic rings. The number of carbonyl (C=O) groups excluding carboxylic acids is 1. The molecule has 1 atom stereocenters. The van der Waals surface area contributed by atoms with Crippen molar-refractivity contribution in [3.8, 4) is 0 Å². The highest BCUT2D eigenvalue weighted by atomic mass is 16.4. The lowest BCUT2D eigenvalue weighted by Gasteiger charge is -2.24. The van der Waals surface area contributed by atoms with E-state index in [0.717, 1.165) is 4.90 Å². The lowest BCUT2D eigenvalue weighted by atomic mass is 10.1. The molecule has 1 amide bonds. The number of nitrogens with zero attached hydrogens (tertiary/aromatic N) is 1. The lowest BCUT2D eigenvalue weighted by Crippen LogP contribution is -2.46. The molecule has 0 aromatic heterocycles. The van der Waals surface area contributed by atoms with Gasteiger partial charge in [-0.3, -0.25) is 19.3 Å². The van der Waals surface area contributed by atoms with Gasteiger partial charge in [0.2, 0.25) is 5.91 Å². The number of para-hydroxylation sites is 1. The topological polar surface area (TPSA) is 121 Å². The normalized spacial score (nSPS) is 11.7. The number of benzene rings is 1. The molecular formula is C13H16N2O5. The Bertz CT molecular complexity index is 489. The summed E-state index contributed by atoms with van der Waals surface area (Å²) in [5.41, 5.74) is 6.04. The third kappa shape index (κ3) is 4.69. The van der Waals surface area contributed by atoms with Gasteiger partial charge in [0.15, 0.2) is 0 Å². The number of aliphatic carboxylic acids is 2. The monoisotopic (exact) mass is 280 g/mol. The molecule has 1 aromatic carbocycles. The van der Waals surface area contributed by atoms with Crippen molar-refractivity contribution in [2.75, 3.05) is 11.4 Å². The fourth-order valence-electron chi connectivity index (χ4n) is 1.64. The second-order valence-electron chi connectivity index (χ2n) is 4.19. The summed E-state index contributed by atoms with van der Waals surface area (Å²) in [6.07, 6.45) is -0.292. The number of carbonyl (C=O) groups is 3. The zero-order valence-electron chi connectivity index (χ0n) is 10.7. The van der Waals surface area contributed by atoms with Crippen LogP contribution in [-0.2, 0) is 14.4 Å². The highest BCUT2D eigenvalue weighted by molar-refractivity contribution is 6.00. The summed E-state index contributed by atoms with van der Waals surface area (Å²) in [5, 5.41) is 17.4. The molecule has 0 fully saturated rings. The Hall–Kier alpha value is -2.41. The second kappa shape index (κ2) is 7.25. The van der Waals surface area contributed by atoms with Crippen LogP contribution in [0.4, 0.5) is 5.69 Å². The van der Waals surface area contributed by atoms with Crippen LogP contribution in [-0.4, -0.2) is 40.6 Å². The molecule has 0 saturated carbocycles. The first kappa shape index (κ1) is 15.6. The van der Waals surface area contributed by atoms with Crippen molar-refractivity contribution in [1.29, 1.82) is 0 Å². The van der Waals surface area contributed by atoms with Crippen LogP contribution in [0.3, 0.4) is 0 Å². The molecule has 1 rings (SSSR count). The summed E-state index contributed by atoms with van der Waals surface area (Å²) < 4.78 is 0. The Balaban J connectivity index is 2.85. The van der Waals surface area contributed by atoms with E-state index in [1.54, 1.807) is 30.3 Å². The standard InChI is InChI=1S/C13H16N2O5/c14-10(6-7-11(16)17)13(20)15(8-12(18)19)9-4-2-1-3-5-9/h1-5,10H,6-8,14H2,(H,16,17)(H,18,19). The van der Waals surface area contributed by atoms with E-state index in [1.807, 2.05) is 0 Å². The molecule has 108 valence electrons. The average Bonchev–Trinajstić information content (AvgIpc) is 2.42. The number of carboxylic acids is 2. The highest BCUT2D eigenvalue weighted by Gasteiger charge is 2.24. The van der Waals surface area contributed by atoms with E-state index in [2.05, 4.69) is 0 Å². The van der Waals surface area contributed by atoms with Crippen LogP contribution in [0.15, 0.2) is 30.3 Å². The average molecular weight is 280 g/mol. The van der Waals surface area contributed by atoms with Crippen LogP contribution in [0, 0.1) is 0 Å². The van der Waals surface area contributed by atoms with E-state index in [1.165, 1.54) is 0 Å². The summed E-state index contributed by atoms with van der Waals surface area (Å²) >= 11 is 0. The Morgan fingerprint density at radius 3 is 2.20 bits per heavy atom. The number of hydrogen-bond acceptors (Lipinski definition) is 4. The first-order chi connectivity index (χ1) is 9.41. The Labute approximate surface area is 115 Å². The predicted octanol–water partition coefficient (Wildman–Crippen LogP) is 0.296. The predicted molar refractivity (Wildman–Crippen MR) is 71.3 cm³/mol. The van der Waals surface area contributed by atoms with E-state index in [9.17, 15) is 14.4 Å². The lowest BCUT2D eigenvalue weighted by molar-refractivity contribution is -0.138. The van der Waals surface area contributed by atoms with Gasteiger partial charge in [0.05, 0.1) is 6.04 Å². The van der Waals surface area contributed by atoms with E-state index < -0.39 is 30.4 Å². The van der Waals surface area contributed by atoms with Crippen molar-refractivity contribution in [2.24, 2.45) is 5.73 Å². The fourth-order valence-corrected chi connectivity index (χ4v) is 1.64. The summed E-state index contributed by atoms with van der Waals surface area (Å²) in [5.74, 6) is -2.84. The highest BCUT2D eigenvalue weighted by Crippen LogP contribution is 2.15. The number of amides is 1. The van der Waals surface area contributed by atoms with Gasteiger partial charge >= 0.3 is 11.9 Å². The number of anilines is 1. The number of hydrogen-bond donors (Lipinski definition) is 3. The van der Waals surface area contributed by atoms with Crippen molar-refractivity contribution < 1.29 is 24.6 Å². The maximum absolute atomic E-state index is 12.1. The summed E-state index contributed by atoms with van der Waals surface area (Å²) in [6.45, 7) is -0.524. The van der Waals surface area contributed by atoms with Crippen LogP contribution < -0.4 is 10.6 Å². The molecule has 0 bridgehead atoms. The van der Waals surface area contributed by atoms with Crippen molar-refractivity contribution >= 4 is 23.5 Å². The zero-order chi connectivity index (χ0) is 15.1. The van der Waals surface area contributed by atoms with Crippen LogP contribution in [0.2, 0.25) is 0 Å². The molecule has 0 heterocycles. The number of nitrogens with two attached hydrogens (primary N) is 1. The molecule has 7 heteroatoms. The van der Waals surface area contributed by atoms with Gasteiger partial charge in [-0.1, -0.05) is 18.2 Å². The van der Waals surface area contributed by atoms with Crippen molar-refractivity contribution in [1.82, 2.24) is 0 Å². The molecule has 0 spiro atoms. The minimum atomic E-state index is -1.17. The van der Waals surface area contributed by atoms with Gasteiger partial charge < -0.3 is 15.9 Å². The second-order valence-corrected chi connectivity index (χ2v) is 4.19. The van der Waals surface area contributed by atoms with Crippen molar-refractivity contribution in [2.45, 2.75) is 18.9 Å². The molecular weight excluding hydrogens is 264 g/mol. The third-order valence-electron chi connectivity index (χ3n) is 2.61. The molecule has 7 nitrogen and oxygen atoms in total. The fraction of sp³-hybridized carbons (Fsp3) is 0.308. The molecule has 20 heavy (non-hydrogen) atoms. The maximum Gasteiger partial charge on any atom is 0.323 e. The molecule has 0 aliphatic heterocycles. The van der Waals surface area contributed by atoms with E-state index in [-0.39, 0.29) is 12.8 Å². The number of carboxylic acid groups (broad SMARTS) is 2. The van der Waals surface area contributed by atoms with E-state index in [0.29, 0.717) is 5.69 Å². The Kier molecular flexibility index (Phi) is 5.67. The van der Waals surface area contributed by atoms with Gasteiger partial charge in [-0.15, -0.1) is 0 Å². The van der Waals surface area contributed by atoms with Gasteiger partial charge in [-0.05, 0) is 18.6 Å². The van der Waals surface area contributed by atoms with E-state index in [4.69, 9.17) is 15.9 Å². The molecule has 4 N–H and O–H groups in total. The summed E-state index contributed by atoms with van der Waals surface area (Å²) in [7, 11) is 0. The molecule has 0 radical (unpaired) electrons. The molecule has 1 unspecified atom stereocenters. The van der Waals surface area contributed by atoms with Crippen molar-refractivity contribution in [3.63, 3.8) is 0 Å². The van der Waals surface area contributed by atoms with Crippen LogP contribution >= 0.6 is 0 Å². The van der Waals surface area contributed by atoms with Gasteiger partial charge in [0, 0.05) is 12.1 Å². The largest absolute Gasteiger partial charge is 0.481 e. The van der Waals surface area contributed by atoms with Crippen LogP contribution in [0.25, 0.3) is 0 Å². The zero-order valence-corrected chi connectivity index (χ0v) is 10.7. The first-order valence-electron chi connectivity index (χ1n) is 5.97.